The number of hydrogen-bond donors (Lipinski definition) is 0. The Hall–Kier alpha value is -1.30. The number of hydrogen-bond acceptors (Lipinski definition) is 0. The molecule has 0 aromatic heterocycles. The van der Waals surface area contributed by atoms with Gasteiger partial charge in [-0.05, 0) is 53.9 Å². The van der Waals surface area contributed by atoms with Gasteiger partial charge in [0.15, 0.2) is 0 Å². The fraction of sp³-hybridized carbons (Fsp3) is 0.476. The lowest BCUT2D eigenvalue weighted by atomic mass is 9.76. The molecule has 21 heavy (non-hydrogen) atoms. The molecule has 111 valence electrons. The van der Waals surface area contributed by atoms with Crippen LogP contribution in [0.5, 0.6) is 0 Å². The Bertz CT molecular complexity index is 556. The van der Waals surface area contributed by atoms with Gasteiger partial charge in [0.05, 0.1) is 0 Å². The summed E-state index contributed by atoms with van der Waals surface area (Å²) in [5.41, 5.74) is 1.59. The van der Waals surface area contributed by atoms with Crippen LogP contribution in [0, 0.1) is 12.8 Å². The van der Waals surface area contributed by atoms with Crippen molar-refractivity contribution in [1.82, 2.24) is 0 Å². The minimum Gasteiger partial charge on any atom is -0.0616 e. The minimum atomic E-state index is 0.778. The highest BCUT2D eigenvalue weighted by Crippen LogP contribution is 2.40. The Morgan fingerprint density at radius 1 is 0.857 bits per heavy atom. The summed E-state index contributed by atoms with van der Waals surface area (Å²) < 4.78 is 0. The molecule has 1 saturated carbocycles. The molecule has 0 saturated heterocycles. The number of fused-ring (bicyclic) bond motifs is 1. The van der Waals surface area contributed by atoms with E-state index in [2.05, 4.69) is 49.4 Å². The second kappa shape index (κ2) is 7.11. The third-order valence-corrected chi connectivity index (χ3v) is 5.22. The molecule has 0 N–H and O–H groups in total. The van der Waals surface area contributed by atoms with E-state index in [9.17, 15) is 0 Å². The average Bonchev–Trinajstić information content (AvgIpc) is 2.55. The summed E-state index contributed by atoms with van der Waals surface area (Å²) in [5.74, 6) is 1.75. The maximum Gasteiger partial charge on any atom is -0.0149 e. The van der Waals surface area contributed by atoms with Gasteiger partial charge in [0, 0.05) is 0 Å². The van der Waals surface area contributed by atoms with E-state index >= 15 is 0 Å². The summed E-state index contributed by atoms with van der Waals surface area (Å²) in [4.78, 5) is 0. The summed E-state index contributed by atoms with van der Waals surface area (Å²) in [6, 6.07) is 15.7. The van der Waals surface area contributed by atoms with Crippen LogP contribution in [0.25, 0.3) is 10.8 Å². The van der Waals surface area contributed by atoms with Crippen molar-refractivity contribution in [2.24, 2.45) is 5.92 Å². The molecule has 0 aliphatic heterocycles. The van der Waals surface area contributed by atoms with E-state index in [1.54, 1.807) is 5.56 Å². The lowest BCUT2D eigenvalue weighted by molar-refractivity contribution is 0.304. The summed E-state index contributed by atoms with van der Waals surface area (Å²) in [7, 11) is 0. The normalized spacial score (nSPS) is 22.5. The van der Waals surface area contributed by atoms with Gasteiger partial charge in [-0.2, -0.15) is 0 Å². The molecule has 0 amide bonds. The van der Waals surface area contributed by atoms with E-state index < -0.39 is 0 Å². The van der Waals surface area contributed by atoms with Crippen molar-refractivity contribution in [3.63, 3.8) is 0 Å². The third-order valence-electron chi connectivity index (χ3n) is 5.22. The van der Waals surface area contributed by atoms with Gasteiger partial charge in [-0.15, -0.1) is 0 Å². The van der Waals surface area contributed by atoms with Crippen LogP contribution in [-0.4, -0.2) is 0 Å². The Balaban J connectivity index is 1.66. The highest BCUT2D eigenvalue weighted by molar-refractivity contribution is 5.86. The molecule has 1 fully saturated rings. The molecule has 2 aromatic rings. The smallest absolute Gasteiger partial charge is 0.0149 e. The van der Waals surface area contributed by atoms with Crippen molar-refractivity contribution in [3.8, 4) is 0 Å². The lowest BCUT2D eigenvalue weighted by Crippen LogP contribution is -2.13. The Kier molecular flexibility index (Phi) is 4.95. The van der Waals surface area contributed by atoms with Gasteiger partial charge in [0.1, 0.15) is 0 Å². The second-order valence-corrected chi connectivity index (χ2v) is 6.64. The molecule has 0 heterocycles. The van der Waals surface area contributed by atoms with E-state index in [1.807, 2.05) is 0 Å². The molecular formula is C21H27. The van der Waals surface area contributed by atoms with E-state index in [0.29, 0.717) is 0 Å². The van der Waals surface area contributed by atoms with E-state index in [4.69, 9.17) is 0 Å². The number of benzene rings is 2. The summed E-state index contributed by atoms with van der Waals surface area (Å²) in [5, 5.41) is 2.87. The van der Waals surface area contributed by atoms with Gasteiger partial charge >= 0.3 is 0 Å². The molecular weight excluding hydrogens is 252 g/mol. The molecule has 1 radical (unpaired) electrons. The van der Waals surface area contributed by atoms with Crippen LogP contribution in [-0.2, 0) is 0 Å². The summed E-state index contributed by atoms with van der Waals surface area (Å²) in [6.07, 6.45) is 10.8. The van der Waals surface area contributed by atoms with Crippen molar-refractivity contribution >= 4 is 10.8 Å². The van der Waals surface area contributed by atoms with Crippen LogP contribution in [0.4, 0.5) is 0 Å². The zero-order chi connectivity index (χ0) is 14.5. The lowest BCUT2D eigenvalue weighted by Gasteiger charge is -2.29. The maximum absolute atomic E-state index is 3.95. The fourth-order valence-electron chi connectivity index (χ4n) is 3.98. The molecule has 0 unspecified atom stereocenters. The highest BCUT2D eigenvalue weighted by Gasteiger charge is 2.23. The quantitative estimate of drug-likeness (QED) is 0.547. The SMILES string of the molecule is [CH2]CCCCC1CCC(c2cccc3ccccc23)CC1. The molecule has 1 aliphatic carbocycles. The maximum atomic E-state index is 3.95. The molecule has 0 heteroatoms. The van der Waals surface area contributed by atoms with Gasteiger partial charge in [-0.3, -0.25) is 0 Å². The highest BCUT2D eigenvalue weighted by atomic mass is 14.3. The van der Waals surface area contributed by atoms with Gasteiger partial charge < -0.3 is 0 Å². The Morgan fingerprint density at radius 3 is 2.43 bits per heavy atom. The van der Waals surface area contributed by atoms with Crippen LogP contribution in [0.2, 0.25) is 0 Å². The van der Waals surface area contributed by atoms with Crippen molar-refractivity contribution in [2.45, 2.75) is 57.3 Å². The van der Waals surface area contributed by atoms with Gasteiger partial charge in [-0.25, -0.2) is 0 Å². The fourth-order valence-corrected chi connectivity index (χ4v) is 3.98. The molecule has 0 nitrogen and oxygen atoms in total. The molecule has 1 aliphatic rings. The first-order valence-electron chi connectivity index (χ1n) is 8.65. The largest absolute Gasteiger partial charge is 0.0616 e. The topological polar surface area (TPSA) is 0 Å². The second-order valence-electron chi connectivity index (χ2n) is 6.64. The third kappa shape index (κ3) is 3.48. The van der Waals surface area contributed by atoms with Crippen molar-refractivity contribution < 1.29 is 0 Å². The van der Waals surface area contributed by atoms with Crippen molar-refractivity contribution in [1.29, 1.82) is 0 Å². The zero-order valence-corrected chi connectivity index (χ0v) is 13.1. The minimum absolute atomic E-state index is 0.778. The van der Waals surface area contributed by atoms with Crippen LogP contribution in [0.1, 0.15) is 62.8 Å². The number of rotatable bonds is 5. The van der Waals surface area contributed by atoms with Gasteiger partial charge in [0.25, 0.3) is 0 Å². The van der Waals surface area contributed by atoms with E-state index in [-0.39, 0.29) is 0 Å². The molecule has 0 spiro atoms. The monoisotopic (exact) mass is 279 g/mol. The molecule has 0 bridgehead atoms. The first kappa shape index (κ1) is 14.6. The van der Waals surface area contributed by atoms with Crippen molar-refractivity contribution in [2.75, 3.05) is 0 Å². The predicted octanol–water partition coefficient (Wildman–Crippen LogP) is 6.51. The predicted molar refractivity (Wildman–Crippen MR) is 92.5 cm³/mol. The van der Waals surface area contributed by atoms with Crippen LogP contribution >= 0.6 is 0 Å². The molecule has 2 aromatic carbocycles. The van der Waals surface area contributed by atoms with Crippen LogP contribution in [0.15, 0.2) is 42.5 Å². The summed E-state index contributed by atoms with van der Waals surface area (Å²) >= 11 is 0. The van der Waals surface area contributed by atoms with Gasteiger partial charge in [0.2, 0.25) is 0 Å². The molecule has 3 rings (SSSR count). The average molecular weight is 279 g/mol. The Morgan fingerprint density at radius 2 is 1.62 bits per heavy atom. The standard InChI is InChI=1S/C21H27/c1-2-3-4-8-17-13-15-19(16-14-17)21-12-7-10-18-9-5-6-11-20(18)21/h5-7,9-12,17,19H,1-4,8,13-16H2. The Labute approximate surface area is 129 Å². The van der Waals surface area contributed by atoms with Crippen LogP contribution in [0.3, 0.4) is 0 Å². The zero-order valence-electron chi connectivity index (χ0n) is 13.1. The first-order chi connectivity index (χ1) is 10.4. The van der Waals surface area contributed by atoms with E-state index in [1.165, 1.54) is 55.7 Å². The number of unbranched alkanes of at least 4 members (excludes halogenated alkanes) is 2. The van der Waals surface area contributed by atoms with Crippen molar-refractivity contribution in [3.05, 3.63) is 55.0 Å². The first-order valence-corrected chi connectivity index (χ1v) is 8.65. The summed E-state index contributed by atoms with van der Waals surface area (Å²) in [6.45, 7) is 3.95. The van der Waals surface area contributed by atoms with E-state index in [0.717, 1.165) is 18.3 Å². The van der Waals surface area contributed by atoms with Crippen LogP contribution < -0.4 is 0 Å². The molecule has 0 atom stereocenters. The van der Waals surface area contributed by atoms with Gasteiger partial charge in [-0.1, -0.05) is 75.1 Å².